The lowest BCUT2D eigenvalue weighted by molar-refractivity contribution is -0.0906. The molecule has 1 fully saturated rings. The van der Waals surface area contributed by atoms with Crippen LogP contribution in [0.15, 0.2) is 0 Å². The molecule has 1 aliphatic rings. The summed E-state index contributed by atoms with van der Waals surface area (Å²) < 4.78 is 5.36. The van der Waals surface area contributed by atoms with Crippen molar-refractivity contribution in [1.29, 1.82) is 0 Å². The van der Waals surface area contributed by atoms with Crippen LogP contribution in [0.25, 0.3) is 0 Å². The van der Waals surface area contributed by atoms with Crippen LogP contribution in [-0.4, -0.2) is 23.9 Å². The van der Waals surface area contributed by atoms with E-state index >= 15 is 0 Å². The molecule has 1 heterocycles. The molecule has 102 valence electrons. The topological polar surface area (TPSA) is 29.5 Å². The number of hydrogen-bond donors (Lipinski definition) is 1. The van der Waals surface area contributed by atoms with Gasteiger partial charge in [0, 0.05) is 6.61 Å². The summed E-state index contributed by atoms with van der Waals surface area (Å²) in [6.45, 7) is 3.65. The maximum Gasteiger partial charge on any atom is 0.0881 e. The molecule has 0 aromatic heterocycles. The Labute approximate surface area is 107 Å². The van der Waals surface area contributed by atoms with Gasteiger partial charge in [-0.3, -0.25) is 0 Å². The summed E-state index contributed by atoms with van der Waals surface area (Å²) in [5.41, 5.74) is -0.500. The zero-order chi connectivity index (χ0) is 12.4. The van der Waals surface area contributed by atoms with Crippen LogP contribution in [0.2, 0.25) is 0 Å². The molecule has 0 bridgehead atoms. The number of ether oxygens (including phenoxy) is 1. The van der Waals surface area contributed by atoms with Crippen LogP contribution in [0, 0.1) is 0 Å². The van der Waals surface area contributed by atoms with Crippen LogP contribution in [0.1, 0.15) is 77.6 Å². The van der Waals surface area contributed by atoms with Crippen LogP contribution < -0.4 is 0 Å². The number of aliphatic hydroxyl groups is 1. The van der Waals surface area contributed by atoms with Crippen molar-refractivity contribution in [2.24, 2.45) is 0 Å². The first-order valence-corrected chi connectivity index (χ1v) is 7.57. The average Bonchev–Trinajstić information content (AvgIpc) is 2.33. The summed E-state index contributed by atoms with van der Waals surface area (Å²) in [5, 5.41) is 10.2. The van der Waals surface area contributed by atoms with Gasteiger partial charge in [-0.1, -0.05) is 58.3 Å². The van der Waals surface area contributed by atoms with Gasteiger partial charge in [0.1, 0.15) is 0 Å². The molecule has 1 unspecified atom stereocenters. The largest absolute Gasteiger partial charge is 0.387 e. The first-order chi connectivity index (χ1) is 8.27. The molecule has 0 aliphatic carbocycles. The lowest BCUT2D eigenvalue weighted by Gasteiger charge is -2.31. The predicted molar refractivity (Wildman–Crippen MR) is 72.2 cm³/mol. The summed E-state index contributed by atoms with van der Waals surface area (Å²) in [4.78, 5) is 0. The second kappa shape index (κ2) is 8.93. The third-order valence-corrected chi connectivity index (χ3v) is 3.80. The molecule has 0 saturated carbocycles. The average molecular weight is 242 g/mol. The second-order valence-electron chi connectivity index (χ2n) is 5.61. The minimum Gasteiger partial charge on any atom is -0.387 e. The van der Waals surface area contributed by atoms with Crippen molar-refractivity contribution in [3.05, 3.63) is 0 Å². The summed E-state index contributed by atoms with van der Waals surface area (Å²) in [6.07, 6.45) is 13.5. The quantitative estimate of drug-likeness (QED) is 0.618. The lowest BCUT2D eigenvalue weighted by Crippen LogP contribution is -2.38. The monoisotopic (exact) mass is 242 g/mol. The Morgan fingerprint density at radius 3 is 2.24 bits per heavy atom. The molecular weight excluding hydrogens is 212 g/mol. The van der Waals surface area contributed by atoms with Gasteiger partial charge < -0.3 is 9.84 Å². The van der Waals surface area contributed by atoms with Gasteiger partial charge in [0.15, 0.2) is 0 Å². The van der Waals surface area contributed by atoms with E-state index in [1.807, 2.05) is 0 Å². The maximum absolute atomic E-state index is 10.2. The zero-order valence-corrected chi connectivity index (χ0v) is 11.5. The smallest absolute Gasteiger partial charge is 0.0881 e. The molecule has 17 heavy (non-hydrogen) atoms. The fourth-order valence-corrected chi connectivity index (χ4v) is 2.62. The zero-order valence-electron chi connectivity index (χ0n) is 11.5. The highest BCUT2D eigenvalue weighted by Gasteiger charge is 2.28. The fourth-order valence-electron chi connectivity index (χ4n) is 2.62. The van der Waals surface area contributed by atoms with Gasteiger partial charge in [-0.15, -0.1) is 0 Å². The van der Waals surface area contributed by atoms with Crippen LogP contribution in [0.5, 0.6) is 0 Å². The number of hydrogen-bond acceptors (Lipinski definition) is 2. The molecule has 2 heteroatoms. The van der Waals surface area contributed by atoms with Crippen LogP contribution in [0.4, 0.5) is 0 Å². The third kappa shape index (κ3) is 7.05. The van der Waals surface area contributed by atoms with E-state index in [1.54, 1.807) is 0 Å². The highest BCUT2D eigenvalue weighted by atomic mass is 16.5. The van der Waals surface area contributed by atoms with Gasteiger partial charge in [0.2, 0.25) is 0 Å². The SMILES string of the molecule is CCCCCCCCCCC1(O)CCCOC1. The van der Waals surface area contributed by atoms with Crippen molar-refractivity contribution < 1.29 is 9.84 Å². The minimum absolute atomic E-state index is 0.500. The Kier molecular flexibility index (Phi) is 7.87. The van der Waals surface area contributed by atoms with Crippen LogP contribution in [-0.2, 0) is 4.74 Å². The molecule has 2 nitrogen and oxygen atoms in total. The predicted octanol–water partition coefficient (Wildman–Crippen LogP) is 4.06. The van der Waals surface area contributed by atoms with Crippen LogP contribution >= 0.6 is 0 Å². The van der Waals surface area contributed by atoms with Crippen molar-refractivity contribution in [2.45, 2.75) is 83.2 Å². The van der Waals surface area contributed by atoms with E-state index in [9.17, 15) is 5.11 Å². The highest BCUT2D eigenvalue weighted by Crippen LogP contribution is 2.25. The lowest BCUT2D eigenvalue weighted by atomic mass is 9.90. The van der Waals surface area contributed by atoms with Crippen molar-refractivity contribution >= 4 is 0 Å². The Morgan fingerprint density at radius 2 is 1.65 bits per heavy atom. The molecule has 1 atom stereocenters. The van der Waals surface area contributed by atoms with Gasteiger partial charge in [-0.2, -0.15) is 0 Å². The van der Waals surface area contributed by atoms with E-state index in [0.717, 1.165) is 32.3 Å². The molecule has 1 rings (SSSR count). The number of unbranched alkanes of at least 4 members (excludes halogenated alkanes) is 7. The van der Waals surface area contributed by atoms with Gasteiger partial charge in [0.25, 0.3) is 0 Å². The summed E-state index contributed by atoms with van der Waals surface area (Å²) in [5.74, 6) is 0. The number of rotatable bonds is 9. The first kappa shape index (κ1) is 15.0. The molecule has 1 saturated heterocycles. The summed E-state index contributed by atoms with van der Waals surface area (Å²) in [7, 11) is 0. The van der Waals surface area contributed by atoms with E-state index in [4.69, 9.17) is 4.74 Å². The molecular formula is C15H30O2. The maximum atomic E-state index is 10.2. The summed E-state index contributed by atoms with van der Waals surface area (Å²) in [6, 6.07) is 0. The molecule has 0 aromatic rings. The molecule has 0 aromatic carbocycles. The molecule has 0 amide bonds. The van der Waals surface area contributed by atoms with Gasteiger partial charge >= 0.3 is 0 Å². The highest BCUT2D eigenvalue weighted by molar-refractivity contribution is 4.80. The second-order valence-corrected chi connectivity index (χ2v) is 5.61. The van der Waals surface area contributed by atoms with Gasteiger partial charge in [-0.05, 0) is 19.3 Å². The van der Waals surface area contributed by atoms with Crippen molar-refractivity contribution in [2.75, 3.05) is 13.2 Å². The molecule has 1 aliphatic heterocycles. The normalized spacial score (nSPS) is 25.1. The van der Waals surface area contributed by atoms with E-state index in [-0.39, 0.29) is 0 Å². The van der Waals surface area contributed by atoms with E-state index < -0.39 is 5.60 Å². The minimum atomic E-state index is -0.500. The Balaban J connectivity index is 1.89. The standard InChI is InChI=1S/C15H30O2/c1-2-3-4-5-6-7-8-9-11-15(16)12-10-13-17-14-15/h16H,2-14H2,1H3. The molecule has 0 radical (unpaired) electrons. The summed E-state index contributed by atoms with van der Waals surface area (Å²) >= 11 is 0. The first-order valence-electron chi connectivity index (χ1n) is 7.57. The van der Waals surface area contributed by atoms with Crippen molar-refractivity contribution in [3.63, 3.8) is 0 Å². The Hall–Kier alpha value is -0.0800. The van der Waals surface area contributed by atoms with Crippen molar-refractivity contribution in [3.8, 4) is 0 Å². The molecule has 1 N–H and O–H groups in total. The van der Waals surface area contributed by atoms with Crippen LogP contribution in [0.3, 0.4) is 0 Å². The Bertz CT molecular complexity index is 174. The molecule has 0 spiro atoms. The van der Waals surface area contributed by atoms with E-state index in [0.29, 0.717) is 6.61 Å². The van der Waals surface area contributed by atoms with Crippen molar-refractivity contribution in [1.82, 2.24) is 0 Å². The third-order valence-electron chi connectivity index (χ3n) is 3.80. The van der Waals surface area contributed by atoms with Gasteiger partial charge in [0.05, 0.1) is 12.2 Å². The Morgan fingerprint density at radius 1 is 1.00 bits per heavy atom. The van der Waals surface area contributed by atoms with E-state index in [1.165, 1.54) is 44.9 Å². The fraction of sp³-hybridized carbons (Fsp3) is 1.00. The van der Waals surface area contributed by atoms with Gasteiger partial charge in [-0.25, -0.2) is 0 Å². The van der Waals surface area contributed by atoms with E-state index in [2.05, 4.69) is 6.92 Å².